The van der Waals surface area contributed by atoms with Gasteiger partial charge in [-0.25, -0.2) is 14.8 Å². The Morgan fingerprint density at radius 3 is 2.79 bits per heavy atom. The molecule has 1 saturated heterocycles. The van der Waals surface area contributed by atoms with Crippen LogP contribution in [0.5, 0.6) is 11.5 Å². The largest absolute Gasteiger partial charge is 0.486 e. The van der Waals surface area contributed by atoms with Gasteiger partial charge in [-0.2, -0.15) is 0 Å². The number of nitrogens with one attached hydrogen (secondary N) is 1. The highest BCUT2D eigenvalue weighted by Gasteiger charge is 2.33. The van der Waals surface area contributed by atoms with E-state index in [1.165, 1.54) is 0 Å². The van der Waals surface area contributed by atoms with Crippen LogP contribution in [0.4, 0.5) is 4.79 Å². The number of hydrogen-bond acceptors (Lipinski definition) is 7. The summed E-state index contributed by atoms with van der Waals surface area (Å²) in [5, 5.41) is 3.32. The molecule has 0 radical (unpaired) electrons. The molecule has 2 aliphatic heterocycles. The van der Waals surface area contributed by atoms with E-state index in [2.05, 4.69) is 10.3 Å². The minimum atomic E-state index is -0.555. The van der Waals surface area contributed by atoms with Crippen molar-refractivity contribution in [2.45, 2.75) is 32.4 Å². The second-order valence-electron chi connectivity index (χ2n) is 8.05. The van der Waals surface area contributed by atoms with Crippen molar-refractivity contribution in [2.24, 2.45) is 0 Å². The van der Waals surface area contributed by atoms with Crippen molar-refractivity contribution >= 4 is 6.09 Å². The number of carbonyl (C=O) groups is 1. The van der Waals surface area contributed by atoms with E-state index < -0.39 is 5.60 Å². The Hall–Kier alpha value is -2.87. The lowest BCUT2D eigenvalue weighted by atomic mass is 10.1. The first-order valence-electron chi connectivity index (χ1n) is 9.84. The molecular weight excluding hydrogens is 372 g/mol. The van der Waals surface area contributed by atoms with E-state index in [0.29, 0.717) is 44.4 Å². The molecule has 0 spiro atoms. The number of piperazine rings is 1. The number of ether oxygens (including phenoxy) is 3. The molecule has 1 fully saturated rings. The maximum atomic E-state index is 12.7. The SMILES string of the molecule is CC(C)(C)OC(=O)N1CCNCC1c1nccc(-c2ccc3c(c2)OCCO3)n1. The van der Waals surface area contributed by atoms with E-state index in [1.54, 1.807) is 11.1 Å². The molecule has 2 aliphatic rings. The summed E-state index contributed by atoms with van der Waals surface area (Å²) in [7, 11) is 0. The molecule has 1 amide bonds. The molecule has 8 heteroatoms. The van der Waals surface area contributed by atoms with Gasteiger partial charge in [0.25, 0.3) is 0 Å². The van der Waals surface area contributed by atoms with Crippen LogP contribution in [0.25, 0.3) is 11.3 Å². The van der Waals surface area contributed by atoms with E-state index >= 15 is 0 Å². The second-order valence-corrected chi connectivity index (χ2v) is 8.05. The summed E-state index contributed by atoms with van der Waals surface area (Å²) in [6.45, 7) is 8.49. The Morgan fingerprint density at radius 1 is 1.21 bits per heavy atom. The number of nitrogens with zero attached hydrogens (tertiary/aromatic N) is 3. The summed E-state index contributed by atoms with van der Waals surface area (Å²) in [6, 6.07) is 7.32. The molecule has 29 heavy (non-hydrogen) atoms. The van der Waals surface area contributed by atoms with Crippen molar-refractivity contribution in [3.8, 4) is 22.8 Å². The Bertz CT molecular complexity index is 896. The highest BCUT2D eigenvalue weighted by atomic mass is 16.6. The normalized spacial score (nSPS) is 19.0. The van der Waals surface area contributed by atoms with E-state index in [4.69, 9.17) is 19.2 Å². The first-order valence-corrected chi connectivity index (χ1v) is 9.84. The van der Waals surface area contributed by atoms with Crippen molar-refractivity contribution in [3.05, 3.63) is 36.3 Å². The van der Waals surface area contributed by atoms with Gasteiger partial charge in [-0.3, -0.25) is 4.90 Å². The highest BCUT2D eigenvalue weighted by Crippen LogP contribution is 2.34. The smallest absolute Gasteiger partial charge is 0.411 e. The van der Waals surface area contributed by atoms with Gasteiger partial charge in [0.2, 0.25) is 0 Å². The number of fused-ring (bicyclic) bond motifs is 1. The average Bonchev–Trinajstić information content (AvgIpc) is 2.72. The zero-order valence-corrected chi connectivity index (χ0v) is 17.0. The van der Waals surface area contributed by atoms with Crippen molar-refractivity contribution in [1.82, 2.24) is 20.2 Å². The van der Waals surface area contributed by atoms with Gasteiger partial charge in [0.05, 0.1) is 5.69 Å². The number of amides is 1. The molecule has 1 aromatic heterocycles. The fraction of sp³-hybridized carbons (Fsp3) is 0.476. The Kier molecular flexibility index (Phi) is 5.27. The van der Waals surface area contributed by atoms with Crippen LogP contribution >= 0.6 is 0 Å². The van der Waals surface area contributed by atoms with Crippen molar-refractivity contribution in [3.63, 3.8) is 0 Å². The molecule has 0 saturated carbocycles. The molecule has 2 aromatic rings. The highest BCUT2D eigenvalue weighted by molar-refractivity contribution is 5.69. The fourth-order valence-electron chi connectivity index (χ4n) is 3.37. The third-order valence-electron chi connectivity index (χ3n) is 4.68. The monoisotopic (exact) mass is 398 g/mol. The van der Waals surface area contributed by atoms with E-state index in [-0.39, 0.29) is 12.1 Å². The summed E-state index contributed by atoms with van der Waals surface area (Å²) in [5.41, 5.74) is 1.12. The predicted molar refractivity (Wildman–Crippen MR) is 107 cm³/mol. The lowest BCUT2D eigenvalue weighted by Gasteiger charge is -2.36. The summed E-state index contributed by atoms with van der Waals surface area (Å²) in [5.74, 6) is 2.03. The standard InChI is InChI=1S/C21H26N4O4/c1-21(2,3)29-20(26)25-9-8-22-13-16(25)19-23-7-6-15(24-19)14-4-5-17-18(12-14)28-11-10-27-17/h4-7,12,16,22H,8-11,13H2,1-3H3. The molecule has 1 N–H and O–H groups in total. The molecule has 1 atom stereocenters. The Morgan fingerprint density at radius 2 is 2.00 bits per heavy atom. The lowest BCUT2D eigenvalue weighted by molar-refractivity contribution is 0.0108. The van der Waals surface area contributed by atoms with Gasteiger partial charge in [0, 0.05) is 31.4 Å². The van der Waals surface area contributed by atoms with E-state index in [0.717, 1.165) is 17.0 Å². The third kappa shape index (κ3) is 4.42. The second kappa shape index (κ2) is 7.87. The number of rotatable bonds is 2. The van der Waals surface area contributed by atoms with Crippen LogP contribution in [0.1, 0.15) is 32.6 Å². The number of benzene rings is 1. The van der Waals surface area contributed by atoms with Gasteiger partial charge in [-0.05, 0) is 45.0 Å². The molecule has 4 rings (SSSR count). The van der Waals surface area contributed by atoms with Gasteiger partial charge in [-0.15, -0.1) is 0 Å². The van der Waals surface area contributed by atoms with Crippen molar-refractivity contribution in [1.29, 1.82) is 0 Å². The van der Waals surface area contributed by atoms with Gasteiger partial charge >= 0.3 is 6.09 Å². The number of aromatic nitrogens is 2. The topological polar surface area (TPSA) is 85.8 Å². The summed E-state index contributed by atoms with van der Waals surface area (Å²) < 4.78 is 16.8. The summed E-state index contributed by atoms with van der Waals surface area (Å²) >= 11 is 0. The van der Waals surface area contributed by atoms with Gasteiger partial charge in [0.1, 0.15) is 24.9 Å². The van der Waals surface area contributed by atoms with Crippen LogP contribution in [0.3, 0.4) is 0 Å². The maximum Gasteiger partial charge on any atom is 0.411 e. The van der Waals surface area contributed by atoms with Crippen LogP contribution in [0, 0.1) is 0 Å². The third-order valence-corrected chi connectivity index (χ3v) is 4.68. The Balaban J connectivity index is 1.61. The molecule has 0 aliphatic carbocycles. The molecule has 8 nitrogen and oxygen atoms in total. The van der Waals surface area contributed by atoms with Gasteiger partial charge in [0.15, 0.2) is 17.3 Å². The van der Waals surface area contributed by atoms with Crippen LogP contribution < -0.4 is 14.8 Å². The number of hydrogen-bond donors (Lipinski definition) is 1. The van der Waals surface area contributed by atoms with E-state index in [1.807, 2.05) is 45.0 Å². The van der Waals surface area contributed by atoms with Crippen LogP contribution in [0.2, 0.25) is 0 Å². The molecule has 0 bridgehead atoms. The fourth-order valence-corrected chi connectivity index (χ4v) is 3.37. The number of carbonyl (C=O) groups excluding carboxylic acids is 1. The summed E-state index contributed by atoms with van der Waals surface area (Å²) in [6.07, 6.45) is 1.37. The van der Waals surface area contributed by atoms with Crippen LogP contribution in [0.15, 0.2) is 30.5 Å². The van der Waals surface area contributed by atoms with Crippen molar-refractivity contribution in [2.75, 3.05) is 32.8 Å². The average molecular weight is 398 g/mol. The molecule has 1 unspecified atom stereocenters. The zero-order valence-electron chi connectivity index (χ0n) is 17.0. The minimum absolute atomic E-state index is 0.296. The first-order chi connectivity index (χ1) is 13.9. The van der Waals surface area contributed by atoms with Gasteiger partial charge in [-0.1, -0.05) is 0 Å². The molecule has 3 heterocycles. The lowest BCUT2D eigenvalue weighted by Crippen LogP contribution is -2.50. The molecular formula is C21H26N4O4. The minimum Gasteiger partial charge on any atom is -0.486 e. The summed E-state index contributed by atoms with van der Waals surface area (Å²) in [4.78, 5) is 23.6. The maximum absolute atomic E-state index is 12.7. The zero-order chi connectivity index (χ0) is 20.4. The first kappa shape index (κ1) is 19.4. The molecule has 1 aromatic carbocycles. The van der Waals surface area contributed by atoms with Gasteiger partial charge < -0.3 is 19.5 Å². The quantitative estimate of drug-likeness (QED) is 0.832. The molecule has 154 valence electrons. The van der Waals surface area contributed by atoms with Crippen LogP contribution in [-0.4, -0.2) is 59.4 Å². The Labute approximate surface area is 170 Å². The predicted octanol–water partition coefficient (Wildman–Crippen LogP) is 2.80. The van der Waals surface area contributed by atoms with Crippen LogP contribution in [-0.2, 0) is 4.74 Å². The van der Waals surface area contributed by atoms with Crippen molar-refractivity contribution < 1.29 is 19.0 Å². The van der Waals surface area contributed by atoms with E-state index in [9.17, 15) is 4.79 Å².